The predicted octanol–water partition coefficient (Wildman–Crippen LogP) is 3.52. The molecule has 0 atom stereocenters. The molecule has 0 aliphatic carbocycles. The van der Waals surface area contributed by atoms with Crippen LogP contribution in [0.15, 0.2) is 48.5 Å². The topological polar surface area (TPSA) is 33.7 Å². The van der Waals surface area contributed by atoms with Gasteiger partial charge in [-0.05, 0) is 30.3 Å². The minimum atomic E-state index is 0.446. The van der Waals surface area contributed by atoms with Crippen molar-refractivity contribution < 1.29 is 9.47 Å². The summed E-state index contributed by atoms with van der Waals surface area (Å²) in [7, 11) is 0. The Morgan fingerprint density at radius 3 is 2.58 bits per heavy atom. The highest BCUT2D eigenvalue weighted by Gasteiger charge is 2.10. The molecule has 0 aromatic heterocycles. The summed E-state index contributed by atoms with van der Waals surface area (Å²) in [6.07, 6.45) is 0. The molecule has 0 bridgehead atoms. The van der Waals surface area contributed by atoms with Gasteiger partial charge < -0.3 is 14.8 Å². The predicted molar refractivity (Wildman–Crippen MR) is 109 cm³/mol. The van der Waals surface area contributed by atoms with Gasteiger partial charge in [0.25, 0.3) is 0 Å². The van der Waals surface area contributed by atoms with Gasteiger partial charge in [-0.2, -0.15) is 0 Å². The molecular formula is C20H23ClN2O2S. The second kappa shape index (κ2) is 9.88. The zero-order valence-corrected chi connectivity index (χ0v) is 16.2. The molecule has 26 heavy (non-hydrogen) atoms. The number of hydrogen-bond donors (Lipinski definition) is 1. The maximum absolute atomic E-state index is 6.15. The minimum absolute atomic E-state index is 0.446. The van der Waals surface area contributed by atoms with Gasteiger partial charge in [-0.3, -0.25) is 4.90 Å². The first-order valence-electron chi connectivity index (χ1n) is 8.77. The van der Waals surface area contributed by atoms with E-state index in [1.165, 1.54) is 0 Å². The summed E-state index contributed by atoms with van der Waals surface area (Å²) < 4.78 is 11.2. The van der Waals surface area contributed by atoms with Crippen molar-refractivity contribution in [2.24, 2.45) is 0 Å². The average Bonchev–Trinajstić information content (AvgIpc) is 2.68. The lowest BCUT2D eigenvalue weighted by molar-refractivity contribution is 0.0389. The third-order valence-corrected chi connectivity index (χ3v) is 5.03. The van der Waals surface area contributed by atoms with E-state index in [0.29, 0.717) is 6.61 Å². The highest BCUT2D eigenvalue weighted by Crippen LogP contribution is 2.19. The van der Waals surface area contributed by atoms with E-state index < -0.39 is 0 Å². The Bertz CT molecular complexity index is 718. The van der Waals surface area contributed by atoms with E-state index in [9.17, 15) is 0 Å². The van der Waals surface area contributed by atoms with Crippen LogP contribution in [0.4, 0.5) is 0 Å². The number of rotatable bonds is 7. The fourth-order valence-electron chi connectivity index (χ4n) is 2.73. The number of thiocarbonyl (C=S) groups is 1. The largest absolute Gasteiger partial charge is 0.489 e. The van der Waals surface area contributed by atoms with Crippen LogP contribution in [0.2, 0.25) is 5.02 Å². The van der Waals surface area contributed by atoms with Crippen molar-refractivity contribution in [2.75, 3.05) is 39.4 Å². The van der Waals surface area contributed by atoms with Crippen molar-refractivity contribution >= 4 is 28.8 Å². The van der Waals surface area contributed by atoms with E-state index in [-0.39, 0.29) is 0 Å². The molecule has 0 saturated carbocycles. The summed E-state index contributed by atoms with van der Waals surface area (Å²) in [6, 6.07) is 15.5. The molecule has 6 heteroatoms. The first-order chi connectivity index (χ1) is 12.7. The summed E-state index contributed by atoms with van der Waals surface area (Å²) in [6.45, 7) is 5.88. The SMILES string of the molecule is S=C(NCCN1CCOCC1)c1ccc(OCc2ccccc2Cl)cc1. The lowest BCUT2D eigenvalue weighted by atomic mass is 10.2. The molecule has 0 spiro atoms. The summed E-state index contributed by atoms with van der Waals surface area (Å²) in [5, 5.41) is 4.04. The van der Waals surface area contributed by atoms with Crippen molar-refractivity contribution in [1.29, 1.82) is 0 Å². The number of morpholine rings is 1. The summed E-state index contributed by atoms with van der Waals surface area (Å²) in [5.74, 6) is 0.796. The molecule has 2 aromatic rings. The fourth-order valence-corrected chi connectivity index (χ4v) is 3.16. The number of nitrogens with zero attached hydrogens (tertiary/aromatic N) is 1. The van der Waals surface area contributed by atoms with Gasteiger partial charge in [-0.1, -0.05) is 42.0 Å². The van der Waals surface area contributed by atoms with Gasteiger partial charge in [0.05, 0.1) is 13.2 Å². The summed E-state index contributed by atoms with van der Waals surface area (Å²) in [4.78, 5) is 3.14. The molecule has 1 saturated heterocycles. The second-order valence-corrected chi connectivity index (χ2v) is 6.93. The summed E-state index contributed by atoms with van der Waals surface area (Å²) >= 11 is 11.6. The maximum atomic E-state index is 6.15. The van der Waals surface area contributed by atoms with Crippen LogP contribution in [0.3, 0.4) is 0 Å². The highest BCUT2D eigenvalue weighted by atomic mass is 35.5. The number of nitrogens with one attached hydrogen (secondary N) is 1. The highest BCUT2D eigenvalue weighted by molar-refractivity contribution is 7.80. The Balaban J connectivity index is 1.44. The summed E-state index contributed by atoms with van der Waals surface area (Å²) in [5.41, 5.74) is 1.96. The molecule has 2 aromatic carbocycles. The van der Waals surface area contributed by atoms with Gasteiger partial charge in [0.2, 0.25) is 0 Å². The number of halogens is 1. The fraction of sp³-hybridized carbons (Fsp3) is 0.350. The first kappa shape index (κ1) is 19.1. The van der Waals surface area contributed by atoms with Gasteiger partial charge in [-0.15, -0.1) is 0 Å². The van der Waals surface area contributed by atoms with Gasteiger partial charge in [-0.25, -0.2) is 0 Å². The van der Waals surface area contributed by atoms with Gasteiger partial charge in [0.15, 0.2) is 0 Å². The Morgan fingerprint density at radius 2 is 1.85 bits per heavy atom. The van der Waals surface area contributed by atoms with Gasteiger partial charge >= 0.3 is 0 Å². The molecule has 1 N–H and O–H groups in total. The molecule has 1 heterocycles. The lowest BCUT2D eigenvalue weighted by Crippen LogP contribution is -2.41. The number of hydrogen-bond acceptors (Lipinski definition) is 4. The Kier molecular flexibility index (Phi) is 7.26. The molecule has 138 valence electrons. The van der Waals surface area contributed by atoms with E-state index in [4.69, 9.17) is 33.3 Å². The quantitative estimate of drug-likeness (QED) is 0.731. The third-order valence-electron chi connectivity index (χ3n) is 4.29. The monoisotopic (exact) mass is 390 g/mol. The lowest BCUT2D eigenvalue weighted by Gasteiger charge is -2.26. The zero-order valence-electron chi connectivity index (χ0n) is 14.6. The molecule has 0 radical (unpaired) electrons. The number of ether oxygens (including phenoxy) is 2. The van der Waals surface area contributed by atoms with Gasteiger partial charge in [0.1, 0.15) is 17.3 Å². The first-order valence-corrected chi connectivity index (χ1v) is 9.55. The molecule has 1 aliphatic heterocycles. The molecule has 1 fully saturated rings. The molecular weight excluding hydrogens is 368 g/mol. The van der Waals surface area contributed by atoms with Gasteiger partial charge in [0, 0.05) is 42.3 Å². The minimum Gasteiger partial charge on any atom is -0.489 e. The maximum Gasteiger partial charge on any atom is 0.119 e. The Labute approximate surface area is 165 Å². The molecule has 0 unspecified atom stereocenters. The van der Waals surface area contributed by atoms with Crippen molar-refractivity contribution in [1.82, 2.24) is 10.2 Å². The van der Waals surface area contributed by atoms with E-state index in [1.807, 2.05) is 48.5 Å². The molecule has 1 aliphatic rings. The molecule has 3 rings (SSSR count). The van der Waals surface area contributed by atoms with Crippen LogP contribution in [0.25, 0.3) is 0 Å². The van der Waals surface area contributed by atoms with E-state index >= 15 is 0 Å². The van der Waals surface area contributed by atoms with Crippen molar-refractivity contribution in [2.45, 2.75) is 6.61 Å². The van der Waals surface area contributed by atoms with E-state index in [2.05, 4.69) is 10.2 Å². The normalized spacial score (nSPS) is 14.8. The molecule has 0 amide bonds. The van der Waals surface area contributed by atoms with Crippen LogP contribution in [-0.4, -0.2) is 49.3 Å². The average molecular weight is 391 g/mol. The van der Waals surface area contributed by atoms with E-state index in [0.717, 1.165) is 66.3 Å². The third kappa shape index (κ3) is 5.68. The van der Waals surface area contributed by atoms with Crippen LogP contribution in [0, 0.1) is 0 Å². The smallest absolute Gasteiger partial charge is 0.119 e. The molecule has 4 nitrogen and oxygen atoms in total. The van der Waals surface area contributed by atoms with Crippen LogP contribution in [0.5, 0.6) is 5.75 Å². The van der Waals surface area contributed by atoms with Crippen LogP contribution in [0.1, 0.15) is 11.1 Å². The second-order valence-electron chi connectivity index (χ2n) is 6.11. The van der Waals surface area contributed by atoms with Crippen LogP contribution < -0.4 is 10.1 Å². The van der Waals surface area contributed by atoms with E-state index in [1.54, 1.807) is 0 Å². The van der Waals surface area contributed by atoms with Crippen LogP contribution >= 0.6 is 23.8 Å². The Morgan fingerprint density at radius 1 is 1.12 bits per heavy atom. The standard InChI is InChI=1S/C20H23ClN2O2S/c21-19-4-2-1-3-17(19)15-25-18-7-5-16(6-8-18)20(26)22-9-10-23-11-13-24-14-12-23/h1-8H,9-15H2,(H,22,26). The van der Waals surface area contributed by atoms with Crippen molar-refractivity contribution in [3.8, 4) is 5.75 Å². The number of benzene rings is 2. The zero-order chi connectivity index (χ0) is 18.2. The van der Waals surface area contributed by atoms with Crippen LogP contribution in [-0.2, 0) is 11.3 Å². The van der Waals surface area contributed by atoms with Crippen molar-refractivity contribution in [3.05, 3.63) is 64.7 Å². The Hall–Kier alpha value is -1.66. The van der Waals surface area contributed by atoms with Crippen molar-refractivity contribution in [3.63, 3.8) is 0 Å².